The third-order valence-corrected chi connectivity index (χ3v) is 3.75. The Kier molecular flexibility index (Phi) is 5.54. The molecule has 0 aliphatic carbocycles. The molecule has 0 aliphatic rings. The van der Waals surface area contributed by atoms with E-state index in [1.807, 2.05) is 10.8 Å². The summed E-state index contributed by atoms with van der Waals surface area (Å²) in [5.41, 5.74) is 0.667. The van der Waals surface area contributed by atoms with E-state index in [0.717, 1.165) is 13.0 Å². The van der Waals surface area contributed by atoms with Crippen molar-refractivity contribution in [2.75, 3.05) is 19.0 Å². The van der Waals surface area contributed by atoms with E-state index in [0.29, 0.717) is 33.3 Å². The van der Waals surface area contributed by atoms with Gasteiger partial charge in [-0.15, -0.1) is 0 Å². The number of hydrogen-bond donors (Lipinski definition) is 1. The summed E-state index contributed by atoms with van der Waals surface area (Å²) in [5, 5.41) is 4.51. The van der Waals surface area contributed by atoms with Crippen molar-refractivity contribution in [2.24, 2.45) is 0 Å². The highest BCUT2D eigenvalue weighted by atomic mass is 35.5. The second-order valence-electron chi connectivity index (χ2n) is 4.16. The van der Waals surface area contributed by atoms with Crippen molar-refractivity contribution < 1.29 is 4.74 Å². The van der Waals surface area contributed by atoms with Gasteiger partial charge >= 0.3 is 0 Å². The second kappa shape index (κ2) is 7.18. The standard InChI is InChI=1S/C13H14Cl3N3O/c1-20-6-2-4-19-5-3-17-13(19)18-12-8-10(15)9(14)7-11(12)16/h3,5,7-8H,2,4,6H2,1H3,(H,17,18). The summed E-state index contributed by atoms with van der Waals surface area (Å²) in [5.74, 6) is 0.696. The highest BCUT2D eigenvalue weighted by Gasteiger charge is 2.09. The van der Waals surface area contributed by atoms with Gasteiger partial charge in [-0.2, -0.15) is 0 Å². The molecule has 0 saturated carbocycles. The SMILES string of the molecule is COCCCn1ccnc1Nc1cc(Cl)c(Cl)cc1Cl. The smallest absolute Gasteiger partial charge is 0.207 e. The van der Waals surface area contributed by atoms with Gasteiger partial charge < -0.3 is 14.6 Å². The molecule has 0 unspecified atom stereocenters. The molecule has 0 bridgehead atoms. The lowest BCUT2D eigenvalue weighted by atomic mass is 10.3. The summed E-state index contributed by atoms with van der Waals surface area (Å²) >= 11 is 18.0. The van der Waals surface area contributed by atoms with Gasteiger partial charge in [-0.05, 0) is 18.6 Å². The molecular formula is C13H14Cl3N3O. The Labute approximate surface area is 132 Å². The number of halogens is 3. The van der Waals surface area contributed by atoms with Crippen molar-refractivity contribution in [1.29, 1.82) is 0 Å². The molecule has 0 saturated heterocycles. The largest absolute Gasteiger partial charge is 0.385 e. The van der Waals surface area contributed by atoms with Gasteiger partial charge in [0.1, 0.15) is 0 Å². The van der Waals surface area contributed by atoms with Gasteiger partial charge in [0.05, 0.1) is 20.8 Å². The van der Waals surface area contributed by atoms with Crippen molar-refractivity contribution in [3.05, 3.63) is 39.6 Å². The van der Waals surface area contributed by atoms with Crippen LogP contribution in [0.5, 0.6) is 0 Å². The van der Waals surface area contributed by atoms with Gasteiger partial charge in [-0.3, -0.25) is 0 Å². The Morgan fingerprint density at radius 3 is 2.70 bits per heavy atom. The molecule has 1 aromatic heterocycles. The molecule has 0 fully saturated rings. The molecule has 20 heavy (non-hydrogen) atoms. The first-order chi connectivity index (χ1) is 9.61. The molecule has 2 aromatic rings. The van der Waals surface area contributed by atoms with Crippen molar-refractivity contribution in [2.45, 2.75) is 13.0 Å². The quantitative estimate of drug-likeness (QED) is 0.618. The molecule has 1 heterocycles. The molecule has 0 amide bonds. The number of aryl methyl sites for hydroxylation is 1. The average molecular weight is 335 g/mol. The number of methoxy groups -OCH3 is 1. The zero-order valence-corrected chi connectivity index (χ0v) is 13.1. The van der Waals surface area contributed by atoms with Crippen molar-refractivity contribution >= 4 is 46.4 Å². The zero-order valence-electron chi connectivity index (χ0n) is 10.9. The predicted molar refractivity (Wildman–Crippen MR) is 83.5 cm³/mol. The van der Waals surface area contributed by atoms with E-state index in [-0.39, 0.29) is 0 Å². The summed E-state index contributed by atoms with van der Waals surface area (Å²) in [6.45, 7) is 1.50. The first kappa shape index (κ1) is 15.4. The number of nitrogens with one attached hydrogen (secondary N) is 1. The molecule has 2 rings (SSSR count). The molecule has 0 radical (unpaired) electrons. The lowest BCUT2D eigenvalue weighted by molar-refractivity contribution is 0.190. The van der Waals surface area contributed by atoms with Crippen molar-refractivity contribution in [1.82, 2.24) is 9.55 Å². The first-order valence-electron chi connectivity index (χ1n) is 6.03. The number of benzene rings is 1. The highest BCUT2D eigenvalue weighted by Crippen LogP contribution is 2.33. The minimum Gasteiger partial charge on any atom is -0.385 e. The normalized spacial score (nSPS) is 10.8. The Balaban J connectivity index is 2.14. The van der Waals surface area contributed by atoms with Crippen molar-refractivity contribution in [3.8, 4) is 0 Å². The van der Waals surface area contributed by atoms with Crippen molar-refractivity contribution in [3.63, 3.8) is 0 Å². The van der Waals surface area contributed by atoms with Gasteiger partial charge in [-0.25, -0.2) is 4.98 Å². The molecule has 7 heteroatoms. The first-order valence-corrected chi connectivity index (χ1v) is 7.17. The lowest BCUT2D eigenvalue weighted by Crippen LogP contribution is -2.05. The Bertz CT molecular complexity index is 586. The van der Waals surface area contributed by atoms with E-state index in [9.17, 15) is 0 Å². The molecule has 4 nitrogen and oxygen atoms in total. The summed E-state index contributed by atoms with van der Waals surface area (Å²) in [6.07, 6.45) is 4.51. The highest BCUT2D eigenvalue weighted by molar-refractivity contribution is 6.44. The van der Waals surface area contributed by atoms with Crippen LogP contribution < -0.4 is 5.32 Å². The summed E-state index contributed by atoms with van der Waals surface area (Å²) in [4.78, 5) is 4.26. The number of aromatic nitrogens is 2. The molecule has 1 N–H and O–H groups in total. The van der Waals surface area contributed by atoms with E-state index in [2.05, 4.69) is 10.3 Å². The maximum absolute atomic E-state index is 6.13. The van der Waals surface area contributed by atoms with Crippen LogP contribution in [0.15, 0.2) is 24.5 Å². The van der Waals surface area contributed by atoms with Crippen LogP contribution in [0.1, 0.15) is 6.42 Å². The van der Waals surface area contributed by atoms with Gasteiger partial charge in [0.2, 0.25) is 5.95 Å². The molecule has 1 aromatic carbocycles. The van der Waals surface area contributed by atoms with Crippen LogP contribution in [0.4, 0.5) is 11.6 Å². The Morgan fingerprint density at radius 2 is 1.95 bits per heavy atom. The fourth-order valence-electron chi connectivity index (χ4n) is 1.73. The van der Waals surface area contributed by atoms with Crippen LogP contribution in [0.3, 0.4) is 0 Å². The number of anilines is 2. The van der Waals surface area contributed by atoms with Crippen LogP contribution in [0.25, 0.3) is 0 Å². The van der Waals surface area contributed by atoms with Gasteiger partial charge in [0, 0.05) is 32.7 Å². The average Bonchev–Trinajstić information content (AvgIpc) is 2.84. The zero-order chi connectivity index (χ0) is 14.5. The lowest BCUT2D eigenvalue weighted by Gasteiger charge is -2.11. The predicted octanol–water partition coefficient (Wildman–Crippen LogP) is 4.62. The minimum absolute atomic E-state index is 0.422. The molecule has 0 spiro atoms. The van der Waals surface area contributed by atoms with E-state index in [1.54, 1.807) is 25.4 Å². The summed E-state index contributed by atoms with van der Waals surface area (Å²) in [7, 11) is 1.68. The third-order valence-electron chi connectivity index (χ3n) is 2.72. The van der Waals surface area contributed by atoms with Gasteiger partial charge in [0.15, 0.2) is 0 Å². The van der Waals surface area contributed by atoms with Gasteiger partial charge in [0.25, 0.3) is 0 Å². The van der Waals surface area contributed by atoms with E-state index in [4.69, 9.17) is 39.5 Å². The van der Waals surface area contributed by atoms with Gasteiger partial charge in [-0.1, -0.05) is 34.8 Å². The third kappa shape index (κ3) is 3.79. The summed E-state index contributed by atoms with van der Waals surface area (Å²) < 4.78 is 7.02. The Hall–Kier alpha value is -0.940. The molecular weight excluding hydrogens is 321 g/mol. The van der Waals surface area contributed by atoms with E-state index in [1.165, 1.54) is 0 Å². The van der Waals surface area contributed by atoms with Crippen LogP contribution >= 0.6 is 34.8 Å². The number of nitrogens with zero attached hydrogens (tertiary/aromatic N) is 2. The minimum atomic E-state index is 0.422. The Morgan fingerprint density at radius 1 is 1.20 bits per heavy atom. The number of rotatable bonds is 6. The maximum atomic E-state index is 6.13. The topological polar surface area (TPSA) is 39.1 Å². The van der Waals surface area contributed by atoms with Crippen LogP contribution in [0, 0.1) is 0 Å². The van der Waals surface area contributed by atoms with E-state index < -0.39 is 0 Å². The maximum Gasteiger partial charge on any atom is 0.207 e. The number of hydrogen-bond acceptors (Lipinski definition) is 3. The van der Waals surface area contributed by atoms with Crippen LogP contribution in [-0.4, -0.2) is 23.3 Å². The fourth-order valence-corrected chi connectivity index (χ4v) is 2.33. The monoisotopic (exact) mass is 333 g/mol. The second-order valence-corrected chi connectivity index (χ2v) is 5.38. The summed E-state index contributed by atoms with van der Waals surface area (Å²) in [6, 6.07) is 3.28. The number of imidazole rings is 1. The van der Waals surface area contributed by atoms with E-state index >= 15 is 0 Å². The molecule has 0 atom stereocenters. The van der Waals surface area contributed by atoms with Crippen LogP contribution in [0.2, 0.25) is 15.1 Å². The number of ether oxygens (including phenoxy) is 1. The molecule has 108 valence electrons. The fraction of sp³-hybridized carbons (Fsp3) is 0.308. The molecule has 0 aliphatic heterocycles. The van der Waals surface area contributed by atoms with Crippen LogP contribution in [-0.2, 0) is 11.3 Å².